The molecule has 1 atom stereocenters. The van der Waals surface area contributed by atoms with Gasteiger partial charge in [-0.3, -0.25) is 9.48 Å². The van der Waals surface area contributed by atoms with Gasteiger partial charge in [-0.05, 0) is 43.2 Å². The number of benzene rings is 1. The van der Waals surface area contributed by atoms with E-state index in [4.69, 9.17) is 0 Å². The Kier molecular flexibility index (Phi) is 6.46. The van der Waals surface area contributed by atoms with Crippen molar-refractivity contribution < 1.29 is 4.79 Å². The molecule has 26 heavy (non-hydrogen) atoms. The number of hydrogen-bond donors (Lipinski definition) is 1. The largest absolute Gasteiger partial charge is 0.352 e. The summed E-state index contributed by atoms with van der Waals surface area (Å²) in [6, 6.07) is 9.64. The van der Waals surface area contributed by atoms with Crippen LogP contribution < -0.4 is 5.32 Å². The Balaban J connectivity index is 1.45. The summed E-state index contributed by atoms with van der Waals surface area (Å²) >= 11 is 3.40. The Morgan fingerprint density at radius 1 is 1.35 bits per heavy atom. The summed E-state index contributed by atoms with van der Waals surface area (Å²) in [5, 5.41) is 10.4. The van der Waals surface area contributed by atoms with Crippen molar-refractivity contribution in [3.63, 3.8) is 0 Å². The fourth-order valence-corrected chi connectivity index (χ4v) is 4.00. The highest BCUT2D eigenvalue weighted by Gasteiger charge is 2.09. The minimum atomic E-state index is -0.0380. The Morgan fingerprint density at radius 3 is 2.81 bits per heavy atom. The van der Waals surface area contributed by atoms with Gasteiger partial charge < -0.3 is 5.32 Å². The molecule has 0 saturated heterocycles. The van der Waals surface area contributed by atoms with Crippen LogP contribution in [0.4, 0.5) is 0 Å². The molecule has 3 aromatic rings. The molecule has 0 aliphatic heterocycles. The van der Waals surface area contributed by atoms with Crippen molar-refractivity contribution in [2.24, 2.45) is 5.92 Å². The first-order valence-corrected chi connectivity index (χ1v) is 10.4. The highest BCUT2D eigenvalue weighted by molar-refractivity contribution is 7.98. The first-order chi connectivity index (χ1) is 12.6. The summed E-state index contributed by atoms with van der Waals surface area (Å²) in [6.07, 6.45) is 3.70. The van der Waals surface area contributed by atoms with E-state index in [1.165, 1.54) is 0 Å². The average molecular weight is 387 g/mol. The summed E-state index contributed by atoms with van der Waals surface area (Å²) in [4.78, 5) is 17.9. The summed E-state index contributed by atoms with van der Waals surface area (Å²) in [5.74, 6) is 1.13. The Morgan fingerprint density at radius 2 is 2.15 bits per heavy atom. The molecule has 136 valence electrons. The van der Waals surface area contributed by atoms with Gasteiger partial charge in [0, 0.05) is 47.1 Å². The van der Waals surface area contributed by atoms with Crippen molar-refractivity contribution in [3.05, 3.63) is 64.4 Å². The van der Waals surface area contributed by atoms with Crippen LogP contribution in [0, 0.1) is 12.8 Å². The van der Waals surface area contributed by atoms with E-state index in [2.05, 4.69) is 27.7 Å². The lowest BCUT2D eigenvalue weighted by Crippen LogP contribution is -2.30. The first kappa shape index (κ1) is 18.7. The predicted molar refractivity (Wildman–Crippen MR) is 107 cm³/mol. The van der Waals surface area contributed by atoms with Crippen LogP contribution in [-0.2, 0) is 12.3 Å². The molecular formula is C19H22N4OS2. The standard InChI is InChI=1S/C19H22N4OS2/c1-14(11-23-9-3-8-21-23)10-20-19(24)16-4-6-18(7-5-16)26-13-17-12-25-15(2)22-17/h3-9,12,14H,10-11,13H2,1-2H3,(H,20,24). The van der Waals surface area contributed by atoms with Gasteiger partial charge in [0.1, 0.15) is 0 Å². The monoisotopic (exact) mass is 386 g/mol. The number of carbonyl (C=O) groups is 1. The molecule has 0 aliphatic carbocycles. The van der Waals surface area contributed by atoms with E-state index >= 15 is 0 Å². The van der Waals surface area contributed by atoms with Crippen molar-refractivity contribution in [1.82, 2.24) is 20.1 Å². The quantitative estimate of drug-likeness (QED) is 0.594. The van der Waals surface area contributed by atoms with Gasteiger partial charge in [0.2, 0.25) is 0 Å². The third kappa shape index (κ3) is 5.44. The van der Waals surface area contributed by atoms with Gasteiger partial charge in [0.25, 0.3) is 5.91 Å². The third-order valence-electron chi connectivity index (χ3n) is 3.84. The summed E-state index contributed by atoms with van der Waals surface area (Å²) in [5.41, 5.74) is 1.79. The summed E-state index contributed by atoms with van der Waals surface area (Å²) in [6.45, 7) is 5.53. The number of amides is 1. The Labute approximate surface area is 161 Å². The molecule has 0 radical (unpaired) electrons. The van der Waals surface area contributed by atoms with Gasteiger partial charge in [-0.15, -0.1) is 23.1 Å². The molecule has 1 aromatic carbocycles. The molecule has 5 nitrogen and oxygen atoms in total. The smallest absolute Gasteiger partial charge is 0.251 e. The number of nitrogens with one attached hydrogen (secondary N) is 1. The van der Waals surface area contributed by atoms with Crippen molar-refractivity contribution in [2.45, 2.75) is 31.0 Å². The zero-order valence-corrected chi connectivity index (χ0v) is 16.5. The summed E-state index contributed by atoms with van der Waals surface area (Å²) in [7, 11) is 0. The van der Waals surface area contributed by atoms with Gasteiger partial charge in [-0.25, -0.2) is 4.98 Å². The number of aromatic nitrogens is 3. The lowest BCUT2D eigenvalue weighted by atomic mass is 10.1. The number of aryl methyl sites for hydroxylation is 1. The molecule has 0 fully saturated rings. The molecule has 0 bridgehead atoms. The maximum Gasteiger partial charge on any atom is 0.251 e. The van der Waals surface area contributed by atoms with Crippen molar-refractivity contribution in [2.75, 3.05) is 6.54 Å². The van der Waals surface area contributed by atoms with Crippen LogP contribution in [0.15, 0.2) is 53.0 Å². The third-order valence-corrected chi connectivity index (χ3v) is 5.71. The van der Waals surface area contributed by atoms with Crippen molar-refractivity contribution in [3.8, 4) is 0 Å². The Bertz CT molecular complexity index is 828. The maximum atomic E-state index is 12.3. The van der Waals surface area contributed by atoms with Crippen molar-refractivity contribution in [1.29, 1.82) is 0 Å². The van der Waals surface area contributed by atoms with Crippen LogP contribution in [0.3, 0.4) is 0 Å². The van der Waals surface area contributed by atoms with E-state index < -0.39 is 0 Å². The van der Waals surface area contributed by atoms with Gasteiger partial charge in [0.05, 0.1) is 10.7 Å². The second-order valence-electron chi connectivity index (χ2n) is 6.21. The van der Waals surface area contributed by atoms with E-state index in [0.29, 0.717) is 18.0 Å². The van der Waals surface area contributed by atoms with Crippen molar-refractivity contribution >= 4 is 29.0 Å². The van der Waals surface area contributed by atoms with E-state index in [1.54, 1.807) is 29.3 Å². The number of hydrogen-bond acceptors (Lipinski definition) is 5. The molecule has 3 rings (SSSR count). The molecule has 1 unspecified atom stereocenters. The molecule has 0 spiro atoms. The second-order valence-corrected chi connectivity index (χ2v) is 8.33. The van der Waals surface area contributed by atoms with E-state index in [0.717, 1.165) is 27.9 Å². The van der Waals surface area contributed by atoms with Gasteiger partial charge >= 0.3 is 0 Å². The van der Waals surface area contributed by atoms with Crippen LogP contribution in [0.2, 0.25) is 0 Å². The molecule has 2 heterocycles. The molecule has 7 heteroatoms. The van der Waals surface area contributed by atoms with Crippen LogP contribution in [-0.4, -0.2) is 27.2 Å². The highest BCUT2D eigenvalue weighted by atomic mass is 32.2. The number of thiazole rings is 1. The van der Waals surface area contributed by atoms with E-state index in [-0.39, 0.29) is 5.91 Å². The molecule has 1 N–H and O–H groups in total. The van der Waals surface area contributed by atoms with Crippen LogP contribution in [0.1, 0.15) is 28.0 Å². The lowest BCUT2D eigenvalue weighted by molar-refractivity contribution is 0.0946. The fraction of sp³-hybridized carbons (Fsp3) is 0.316. The fourth-order valence-electron chi connectivity index (χ4n) is 2.50. The molecule has 2 aromatic heterocycles. The second kappa shape index (κ2) is 9.00. The average Bonchev–Trinajstić information content (AvgIpc) is 3.30. The molecule has 1 amide bonds. The maximum absolute atomic E-state index is 12.3. The van der Waals surface area contributed by atoms with Crippen LogP contribution in [0.5, 0.6) is 0 Å². The first-order valence-electron chi connectivity index (χ1n) is 8.49. The lowest BCUT2D eigenvalue weighted by Gasteiger charge is -2.13. The van der Waals surface area contributed by atoms with Gasteiger partial charge in [-0.2, -0.15) is 5.10 Å². The van der Waals surface area contributed by atoms with Crippen LogP contribution >= 0.6 is 23.1 Å². The number of carbonyl (C=O) groups excluding carboxylic acids is 1. The van der Waals surface area contributed by atoms with E-state index in [1.807, 2.05) is 48.1 Å². The highest BCUT2D eigenvalue weighted by Crippen LogP contribution is 2.23. The normalized spacial score (nSPS) is 12.1. The minimum Gasteiger partial charge on any atom is -0.352 e. The molecule has 0 saturated carbocycles. The predicted octanol–water partition coefficient (Wildman–Crippen LogP) is 4.01. The SMILES string of the molecule is Cc1nc(CSc2ccc(C(=O)NCC(C)Cn3cccn3)cc2)cs1. The number of rotatable bonds is 8. The van der Waals surface area contributed by atoms with Gasteiger partial charge in [-0.1, -0.05) is 6.92 Å². The number of thioether (sulfide) groups is 1. The van der Waals surface area contributed by atoms with Crippen LogP contribution in [0.25, 0.3) is 0 Å². The summed E-state index contributed by atoms with van der Waals surface area (Å²) < 4.78 is 1.88. The molecular weight excluding hydrogens is 364 g/mol. The minimum absolute atomic E-state index is 0.0380. The zero-order chi connectivity index (χ0) is 18.4. The topological polar surface area (TPSA) is 59.8 Å². The number of nitrogens with zero attached hydrogens (tertiary/aromatic N) is 3. The Hall–Kier alpha value is -2.12. The zero-order valence-electron chi connectivity index (χ0n) is 14.9. The van der Waals surface area contributed by atoms with Gasteiger partial charge in [0.15, 0.2) is 0 Å². The van der Waals surface area contributed by atoms with E-state index in [9.17, 15) is 4.79 Å². The molecule has 0 aliphatic rings.